The van der Waals surface area contributed by atoms with Crippen LogP contribution in [0.15, 0.2) is 36.4 Å². The normalized spacial score (nSPS) is 16.9. The van der Waals surface area contributed by atoms with E-state index in [1.54, 1.807) is 18.2 Å². The molecular weight excluding hydrogens is 378 g/mol. The zero-order valence-electron chi connectivity index (χ0n) is 17.6. The van der Waals surface area contributed by atoms with Gasteiger partial charge in [-0.15, -0.1) is 0 Å². The first-order chi connectivity index (χ1) is 14.4. The van der Waals surface area contributed by atoms with Gasteiger partial charge in [0.2, 0.25) is 0 Å². The molecule has 0 unspecified atom stereocenters. The summed E-state index contributed by atoms with van der Waals surface area (Å²) in [7, 11) is 2.12. The van der Waals surface area contributed by atoms with Crippen molar-refractivity contribution in [3.05, 3.63) is 53.1 Å². The van der Waals surface area contributed by atoms with Crippen molar-refractivity contribution in [1.82, 2.24) is 10.2 Å². The number of benzene rings is 2. The lowest BCUT2D eigenvalue weighted by Gasteiger charge is -2.34. The van der Waals surface area contributed by atoms with Crippen molar-refractivity contribution >= 4 is 28.9 Å². The second-order valence-corrected chi connectivity index (χ2v) is 8.29. The summed E-state index contributed by atoms with van der Waals surface area (Å²) in [6.45, 7) is 5.79. The van der Waals surface area contributed by atoms with Gasteiger partial charge < -0.3 is 26.2 Å². The molecule has 0 bridgehead atoms. The molecule has 2 amide bonds. The van der Waals surface area contributed by atoms with Crippen molar-refractivity contribution in [1.29, 1.82) is 0 Å². The number of likely N-dealkylation sites (N-methyl/N-ethyl adjacent to an activating group) is 1. The minimum atomic E-state index is -0.278. The molecule has 1 aliphatic heterocycles. The highest BCUT2D eigenvalue weighted by molar-refractivity contribution is 6.09. The van der Waals surface area contributed by atoms with Crippen LogP contribution < -0.4 is 21.3 Å². The van der Waals surface area contributed by atoms with Gasteiger partial charge in [0.15, 0.2) is 0 Å². The van der Waals surface area contributed by atoms with Crippen LogP contribution in [-0.2, 0) is 0 Å². The number of rotatable bonds is 5. The number of anilines is 3. The van der Waals surface area contributed by atoms with Crippen LogP contribution in [0.5, 0.6) is 0 Å². The average molecular weight is 408 g/mol. The highest BCUT2D eigenvalue weighted by Crippen LogP contribution is 2.25. The molecule has 30 heavy (non-hydrogen) atoms. The topological polar surface area (TPSA) is 90.7 Å². The van der Waals surface area contributed by atoms with E-state index in [4.69, 9.17) is 5.73 Å². The van der Waals surface area contributed by atoms with E-state index in [9.17, 15) is 9.59 Å². The summed E-state index contributed by atoms with van der Waals surface area (Å²) in [4.78, 5) is 29.8. The van der Waals surface area contributed by atoms with Crippen molar-refractivity contribution < 1.29 is 9.59 Å². The number of amides is 2. The largest absolute Gasteiger partial charge is 0.398 e. The molecular formula is C23H29N5O2. The van der Waals surface area contributed by atoms with Crippen LogP contribution in [0.4, 0.5) is 17.1 Å². The maximum Gasteiger partial charge on any atom is 0.257 e. The summed E-state index contributed by atoms with van der Waals surface area (Å²) < 4.78 is 0. The zero-order chi connectivity index (χ0) is 21.3. The summed E-state index contributed by atoms with van der Waals surface area (Å²) in [5, 5.41) is 5.89. The van der Waals surface area contributed by atoms with E-state index in [0.29, 0.717) is 22.5 Å². The van der Waals surface area contributed by atoms with Crippen LogP contribution in [0.3, 0.4) is 0 Å². The predicted octanol–water partition coefficient (Wildman–Crippen LogP) is 2.47. The van der Waals surface area contributed by atoms with E-state index in [1.165, 1.54) is 0 Å². The van der Waals surface area contributed by atoms with Gasteiger partial charge in [0.25, 0.3) is 11.8 Å². The maximum absolute atomic E-state index is 12.9. The fourth-order valence-corrected chi connectivity index (χ4v) is 3.60. The summed E-state index contributed by atoms with van der Waals surface area (Å²) in [5.41, 5.74) is 10.2. The fourth-order valence-electron chi connectivity index (χ4n) is 3.60. The standard InChI is InChI=1S/C23H29N5O2/c1-15-3-4-16(22(29)25-17-5-6-17)13-21(15)26-23(30)19-8-7-18(14-20(19)24)28-11-9-27(2)10-12-28/h3-4,7-8,13-14,17H,5-6,9-12,24H2,1-2H3,(H,25,29)(H,26,30). The Morgan fingerprint density at radius 1 is 1.00 bits per heavy atom. The molecule has 0 radical (unpaired) electrons. The van der Waals surface area contributed by atoms with Gasteiger partial charge in [-0.2, -0.15) is 0 Å². The van der Waals surface area contributed by atoms with Gasteiger partial charge in [-0.05, 0) is 62.7 Å². The van der Waals surface area contributed by atoms with E-state index in [1.807, 2.05) is 25.1 Å². The van der Waals surface area contributed by atoms with Crippen LogP contribution in [0, 0.1) is 6.92 Å². The molecule has 0 spiro atoms. The van der Waals surface area contributed by atoms with E-state index in [-0.39, 0.29) is 17.9 Å². The molecule has 4 rings (SSSR count). The van der Waals surface area contributed by atoms with Gasteiger partial charge in [0, 0.05) is 54.8 Å². The zero-order valence-corrected chi connectivity index (χ0v) is 17.6. The van der Waals surface area contributed by atoms with Gasteiger partial charge in [-0.1, -0.05) is 6.07 Å². The Labute approximate surface area is 177 Å². The quantitative estimate of drug-likeness (QED) is 0.663. The number of nitrogens with one attached hydrogen (secondary N) is 2. The Hall–Kier alpha value is -3.06. The van der Waals surface area contributed by atoms with Crippen molar-refractivity contribution in [3.8, 4) is 0 Å². The molecule has 1 saturated heterocycles. The third-order valence-electron chi connectivity index (χ3n) is 5.81. The monoisotopic (exact) mass is 407 g/mol. The number of nitrogens with two attached hydrogens (primary N) is 1. The summed E-state index contributed by atoms with van der Waals surface area (Å²) in [6, 6.07) is 11.2. The predicted molar refractivity (Wildman–Crippen MR) is 120 cm³/mol. The summed E-state index contributed by atoms with van der Waals surface area (Å²) in [5.74, 6) is -0.385. The highest BCUT2D eigenvalue weighted by atomic mass is 16.2. The van der Waals surface area contributed by atoms with E-state index in [2.05, 4.69) is 27.5 Å². The second-order valence-electron chi connectivity index (χ2n) is 8.29. The Kier molecular flexibility index (Phi) is 5.63. The first kappa shape index (κ1) is 20.2. The van der Waals surface area contributed by atoms with Crippen molar-refractivity contribution in [2.75, 3.05) is 49.2 Å². The lowest BCUT2D eigenvalue weighted by Crippen LogP contribution is -2.44. The number of piperazine rings is 1. The van der Waals surface area contributed by atoms with Gasteiger partial charge in [-0.3, -0.25) is 9.59 Å². The first-order valence-corrected chi connectivity index (χ1v) is 10.5. The number of nitrogen functional groups attached to an aromatic ring is 1. The van der Waals surface area contributed by atoms with E-state index in [0.717, 1.165) is 50.3 Å². The Balaban J connectivity index is 1.47. The van der Waals surface area contributed by atoms with Gasteiger partial charge in [-0.25, -0.2) is 0 Å². The van der Waals surface area contributed by atoms with E-state index >= 15 is 0 Å². The average Bonchev–Trinajstić information content (AvgIpc) is 3.54. The Morgan fingerprint density at radius 2 is 1.73 bits per heavy atom. The van der Waals surface area contributed by atoms with Crippen LogP contribution >= 0.6 is 0 Å². The molecule has 4 N–H and O–H groups in total. The fraction of sp³-hybridized carbons (Fsp3) is 0.391. The van der Waals surface area contributed by atoms with Gasteiger partial charge >= 0.3 is 0 Å². The van der Waals surface area contributed by atoms with Crippen LogP contribution in [0.2, 0.25) is 0 Å². The smallest absolute Gasteiger partial charge is 0.257 e. The molecule has 1 saturated carbocycles. The highest BCUT2D eigenvalue weighted by Gasteiger charge is 2.24. The third kappa shape index (κ3) is 4.57. The number of aryl methyl sites for hydroxylation is 1. The van der Waals surface area contributed by atoms with Gasteiger partial charge in [0.05, 0.1) is 5.56 Å². The molecule has 1 heterocycles. The summed E-state index contributed by atoms with van der Waals surface area (Å²) >= 11 is 0. The van der Waals surface area contributed by atoms with Crippen LogP contribution in [0.1, 0.15) is 39.1 Å². The summed E-state index contributed by atoms with van der Waals surface area (Å²) in [6.07, 6.45) is 2.06. The molecule has 158 valence electrons. The molecule has 2 fully saturated rings. The SMILES string of the molecule is Cc1ccc(C(=O)NC2CC2)cc1NC(=O)c1ccc(N2CCN(C)CC2)cc1N. The molecule has 0 atom stereocenters. The Morgan fingerprint density at radius 3 is 2.40 bits per heavy atom. The van der Waals surface area contributed by atoms with Crippen molar-refractivity contribution in [2.45, 2.75) is 25.8 Å². The Bertz CT molecular complexity index is 962. The lowest BCUT2D eigenvalue weighted by atomic mass is 10.1. The number of nitrogens with zero attached hydrogens (tertiary/aromatic N) is 2. The van der Waals surface area contributed by atoms with E-state index < -0.39 is 0 Å². The first-order valence-electron chi connectivity index (χ1n) is 10.5. The number of hydrogen-bond acceptors (Lipinski definition) is 5. The maximum atomic E-state index is 12.9. The molecule has 2 aromatic rings. The van der Waals surface area contributed by atoms with Crippen molar-refractivity contribution in [3.63, 3.8) is 0 Å². The minimum absolute atomic E-state index is 0.107. The van der Waals surface area contributed by atoms with Crippen molar-refractivity contribution in [2.24, 2.45) is 0 Å². The number of carbonyl (C=O) groups is 2. The van der Waals surface area contributed by atoms with Crippen LogP contribution in [0.25, 0.3) is 0 Å². The third-order valence-corrected chi connectivity index (χ3v) is 5.81. The molecule has 2 aliphatic rings. The number of hydrogen-bond donors (Lipinski definition) is 3. The molecule has 7 heteroatoms. The minimum Gasteiger partial charge on any atom is -0.398 e. The molecule has 2 aromatic carbocycles. The number of carbonyl (C=O) groups excluding carboxylic acids is 2. The van der Waals surface area contributed by atoms with Gasteiger partial charge in [0.1, 0.15) is 0 Å². The molecule has 1 aliphatic carbocycles. The lowest BCUT2D eigenvalue weighted by molar-refractivity contribution is 0.0949. The molecule has 7 nitrogen and oxygen atoms in total. The van der Waals surface area contributed by atoms with Crippen LogP contribution in [-0.4, -0.2) is 56.0 Å². The second kappa shape index (κ2) is 8.36. The molecule has 0 aromatic heterocycles.